The number of thiazole rings is 1. The van der Waals surface area contributed by atoms with E-state index in [2.05, 4.69) is 29.2 Å². The fourth-order valence-electron chi connectivity index (χ4n) is 2.62. The lowest BCUT2D eigenvalue weighted by molar-refractivity contribution is 0.0625. The molecule has 0 aromatic carbocycles. The number of halogens is 1. The second-order valence-electron chi connectivity index (χ2n) is 5.78. The summed E-state index contributed by atoms with van der Waals surface area (Å²) in [6, 6.07) is 0. The van der Waals surface area contributed by atoms with Gasteiger partial charge in [0.15, 0.2) is 5.96 Å². The predicted octanol–water partition coefficient (Wildman–Crippen LogP) is 3.28. The molecule has 0 radical (unpaired) electrons. The summed E-state index contributed by atoms with van der Waals surface area (Å²) in [5.74, 6) is 1.78. The fourth-order valence-corrected chi connectivity index (χ4v) is 3.34. The maximum atomic E-state index is 5.43. The van der Waals surface area contributed by atoms with Crippen LogP contribution in [0.5, 0.6) is 0 Å². The highest BCUT2D eigenvalue weighted by atomic mass is 127. The Labute approximate surface area is 160 Å². The van der Waals surface area contributed by atoms with Crippen LogP contribution in [0.4, 0.5) is 0 Å². The zero-order valence-corrected chi connectivity index (χ0v) is 17.5. The minimum Gasteiger partial charge on any atom is -0.381 e. The van der Waals surface area contributed by atoms with Gasteiger partial charge in [-0.05, 0) is 39.0 Å². The van der Waals surface area contributed by atoms with Crippen molar-refractivity contribution in [3.63, 3.8) is 0 Å². The lowest BCUT2D eigenvalue weighted by atomic mass is 9.96. The molecule has 1 fully saturated rings. The van der Waals surface area contributed by atoms with E-state index in [0.29, 0.717) is 6.54 Å². The Morgan fingerprint density at radius 3 is 2.83 bits per heavy atom. The SMILES string of the molecule is CCNC(=NCc1cnc(C)s1)N(C)CCC1CCOCC1.I. The molecule has 2 rings (SSSR count). The third kappa shape index (κ3) is 7.34. The average Bonchev–Trinajstić information content (AvgIpc) is 2.95. The fraction of sp³-hybridized carbons (Fsp3) is 0.750. The van der Waals surface area contributed by atoms with Crippen LogP contribution >= 0.6 is 35.3 Å². The largest absolute Gasteiger partial charge is 0.381 e. The van der Waals surface area contributed by atoms with Gasteiger partial charge >= 0.3 is 0 Å². The molecule has 0 atom stereocenters. The first-order valence-electron chi connectivity index (χ1n) is 8.17. The molecule has 0 amide bonds. The van der Waals surface area contributed by atoms with Crippen molar-refractivity contribution in [2.24, 2.45) is 10.9 Å². The molecule has 1 aliphatic heterocycles. The van der Waals surface area contributed by atoms with E-state index in [1.54, 1.807) is 11.3 Å². The number of ether oxygens (including phenoxy) is 1. The van der Waals surface area contributed by atoms with Crippen LogP contribution in [-0.4, -0.2) is 49.2 Å². The lowest BCUT2D eigenvalue weighted by Crippen LogP contribution is -2.40. The Kier molecular flexibility index (Phi) is 10.0. The normalized spacial score (nSPS) is 16.0. The molecule has 2 heterocycles. The van der Waals surface area contributed by atoms with E-state index in [9.17, 15) is 0 Å². The minimum atomic E-state index is 0. The predicted molar refractivity (Wildman–Crippen MR) is 108 cm³/mol. The van der Waals surface area contributed by atoms with Crippen molar-refractivity contribution in [2.45, 2.75) is 39.7 Å². The first kappa shape index (κ1) is 20.6. The van der Waals surface area contributed by atoms with Gasteiger partial charge in [0.05, 0.1) is 11.6 Å². The Morgan fingerprint density at radius 2 is 2.22 bits per heavy atom. The zero-order valence-electron chi connectivity index (χ0n) is 14.4. The van der Waals surface area contributed by atoms with E-state index >= 15 is 0 Å². The number of rotatable bonds is 6. The minimum absolute atomic E-state index is 0. The van der Waals surface area contributed by atoms with Gasteiger partial charge in [0.2, 0.25) is 0 Å². The van der Waals surface area contributed by atoms with E-state index in [4.69, 9.17) is 9.73 Å². The molecular weight excluding hydrogens is 423 g/mol. The summed E-state index contributed by atoms with van der Waals surface area (Å²) in [6.45, 7) is 8.62. The van der Waals surface area contributed by atoms with Crippen LogP contribution in [0.1, 0.15) is 36.1 Å². The van der Waals surface area contributed by atoms with Gasteiger partial charge in [0, 0.05) is 44.4 Å². The second-order valence-corrected chi connectivity index (χ2v) is 7.10. The van der Waals surface area contributed by atoms with Gasteiger partial charge in [-0.3, -0.25) is 0 Å². The molecule has 1 aromatic heterocycles. The van der Waals surface area contributed by atoms with Crippen molar-refractivity contribution < 1.29 is 4.74 Å². The highest BCUT2D eigenvalue weighted by Gasteiger charge is 2.15. The first-order valence-corrected chi connectivity index (χ1v) is 8.99. The van der Waals surface area contributed by atoms with Crippen molar-refractivity contribution in [2.75, 3.05) is 33.4 Å². The van der Waals surface area contributed by atoms with Gasteiger partial charge in [0.25, 0.3) is 0 Å². The number of aliphatic imine (C=N–C) groups is 1. The molecule has 0 saturated carbocycles. The smallest absolute Gasteiger partial charge is 0.194 e. The molecule has 1 aromatic rings. The zero-order chi connectivity index (χ0) is 15.8. The molecule has 0 unspecified atom stereocenters. The summed E-state index contributed by atoms with van der Waals surface area (Å²) in [6.07, 6.45) is 5.53. The summed E-state index contributed by atoms with van der Waals surface area (Å²) in [5, 5.41) is 4.48. The molecule has 0 bridgehead atoms. The Bertz CT molecular complexity index is 474. The molecule has 5 nitrogen and oxygen atoms in total. The van der Waals surface area contributed by atoms with Crippen LogP contribution in [0, 0.1) is 12.8 Å². The summed E-state index contributed by atoms with van der Waals surface area (Å²) in [4.78, 5) is 12.5. The quantitative estimate of drug-likeness (QED) is 0.409. The molecule has 0 spiro atoms. The molecule has 132 valence electrons. The van der Waals surface area contributed by atoms with E-state index < -0.39 is 0 Å². The number of nitrogens with one attached hydrogen (secondary N) is 1. The molecule has 7 heteroatoms. The van der Waals surface area contributed by atoms with Crippen LogP contribution in [0.2, 0.25) is 0 Å². The van der Waals surface area contributed by atoms with Crippen LogP contribution < -0.4 is 5.32 Å². The van der Waals surface area contributed by atoms with Crippen LogP contribution in [0.3, 0.4) is 0 Å². The van der Waals surface area contributed by atoms with Crippen LogP contribution in [0.15, 0.2) is 11.2 Å². The number of aryl methyl sites for hydroxylation is 1. The highest BCUT2D eigenvalue weighted by molar-refractivity contribution is 14.0. The number of hydrogen-bond acceptors (Lipinski definition) is 4. The van der Waals surface area contributed by atoms with Crippen LogP contribution in [0.25, 0.3) is 0 Å². The Morgan fingerprint density at radius 1 is 1.48 bits per heavy atom. The van der Waals surface area contributed by atoms with E-state index in [0.717, 1.165) is 43.2 Å². The third-order valence-corrected chi connectivity index (χ3v) is 4.86. The summed E-state index contributed by atoms with van der Waals surface area (Å²) >= 11 is 1.72. The van der Waals surface area contributed by atoms with Crippen molar-refractivity contribution in [1.29, 1.82) is 0 Å². The van der Waals surface area contributed by atoms with Crippen molar-refractivity contribution in [1.82, 2.24) is 15.2 Å². The Hall–Kier alpha value is -0.410. The lowest BCUT2D eigenvalue weighted by Gasteiger charge is -2.26. The van der Waals surface area contributed by atoms with Crippen LogP contribution in [-0.2, 0) is 11.3 Å². The topological polar surface area (TPSA) is 49.8 Å². The van der Waals surface area contributed by atoms with Gasteiger partial charge in [-0.2, -0.15) is 0 Å². The highest BCUT2D eigenvalue weighted by Crippen LogP contribution is 2.18. The van der Waals surface area contributed by atoms with Gasteiger partial charge in [-0.25, -0.2) is 9.98 Å². The standard InChI is InChI=1S/C16H28N4OS.HI/c1-4-17-16(19-12-15-11-18-13(2)22-15)20(3)8-5-14-6-9-21-10-7-14;/h11,14H,4-10,12H2,1-3H3,(H,17,19);1H. The van der Waals surface area contributed by atoms with E-state index in [-0.39, 0.29) is 24.0 Å². The van der Waals surface area contributed by atoms with Gasteiger partial charge in [-0.1, -0.05) is 0 Å². The molecular formula is C16H29IN4OS. The summed E-state index contributed by atoms with van der Waals surface area (Å²) < 4.78 is 5.43. The van der Waals surface area contributed by atoms with E-state index in [1.807, 2.05) is 13.1 Å². The van der Waals surface area contributed by atoms with Gasteiger partial charge < -0.3 is 15.0 Å². The Balaban J connectivity index is 0.00000264. The number of hydrogen-bond donors (Lipinski definition) is 1. The second kappa shape index (κ2) is 11.2. The van der Waals surface area contributed by atoms with Crippen molar-refractivity contribution >= 4 is 41.3 Å². The van der Waals surface area contributed by atoms with Crippen molar-refractivity contribution in [3.8, 4) is 0 Å². The molecule has 0 aliphatic carbocycles. The molecule has 1 aliphatic rings. The third-order valence-electron chi connectivity index (χ3n) is 3.96. The van der Waals surface area contributed by atoms with Gasteiger partial charge in [-0.15, -0.1) is 35.3 Å². The monoisotopic (exact) mass is 452 g/mol. The summed E-state index contributed by atoms with van der Waals surface area (Å²) in [5.41, 5.74) is 0. The molecule has 1 saturated heterocycles. The maximum absolute atomic E-state index is 5.43. The number of aromatic nitrogens is 1. The average molecular weight is 452 g/mol. The summed E-state index contributed by atoms with van der Waals surface area (Å²) in [7, 11) is 2.12. The maximum Gasteiger partial charge on any atom is 0.194 e. The van der Waals surface area contributed by atoms with E-state index in [1.165, 1.54) is 24.1 Å². The van der Waals surface area contributed by atoms with Gasteiger partial charge in [0.1, 0.15) is 0 Å². The number of nitrogens with zero attached hydrogens (tertiary/aromatic N) is 3. The first-order chi connectivity index (χ1) is 10.7. The molecule has 1 N–H and O–H groups in total. The molecule has 23 heavy (non-hydrogen) atoms. The van der Waals surface area contributed by atoms with Crippen molar-refractivity contribution in [3.05, 3.63) is 16.1 Å². The number of guanidine groups is 1.